The van der Waals surface area contributed by atoms with E-state index in [0.717, 1.165) is 11.6 Å². The summed E-state index contributed by atoms with van der Waals surface area (Å²) in [4.78, 5) is 3.97. The summed E-state index contributed by atoms with van der Waals surface area (Å²) < 4.78 is 36.9. The molecule has 2 aromatic rings. The number of anilines is 1. The summed E-state index contributed by atoms with van der Waals surface area (Å²) in [5.74, 6) is 0.282. The highest BCUT2D eigenvalue weighted by molar-refractivity contribution is 5.36. The van der Waals surface area contributed by atoms with E-state index in [1.807, 2.05) is 13.0 Å². The van der Waals surface area contributed by atoms with E-state index in [1.165, 1.54) is 6.07 Å². The molecule has 0 spiro atoms. The Morgan fingerprint density at radius 2 is 1.95 bits per heavy atom. The lowest BCUT2D eigenvalue weighted by atomic mass is 10.1. The topological polar surface area (TPSA) is 50.7 Å². The highest BCUT2D eigenvalue weighted by Crippen LogP contribution is 2.27. The first-order valence-electron chi connectivity index (χ1n) is 5.54. The van der Waals surface area contributed by atoms with Crippen molar-refractivity contribution in [3.63, 3.8) is 0 Å². The Morgan fingerprint density at radius 3 is 2.47 bits per heavy atom. The number of halogens is 3. The maximum Gasteiger partial charge on any atom is 0.435 e. The van der Waals surface area contributed by atoms with Gasteiger partial charge in [-0.3, -0.25) is 4.98 Å². The Morgan fingerprint density at radius 1 is 1.16 bits per heavy atom. The molecule has 7 heteroatoms. The van der Waals surface area contributed by atoms with Crippen LogP contribution in [0.5, 0.6) is 0 Å². The van der Waals surface area contributed by atoms with E-state index in [1.54, 1.807) is 18.5 Å². The normalized spacial score (nSPS) is 13.1. The molecule has 0 amide bonds. The van der Waals surface area contributed by atoms with Crippen molar-refractivity contribution in [2.45, 2.75) is 19.1 Å². The zero-order valence-electron chi connectivity index (χ0n) is 10.0. The molecule has 1 unspecified atom stereocenters. The van der Waals surface area contributed by atoms with Gasteiger partial charge in [0.25, 0.3) is 0 Å². The maximum absolute atomic E-state index is 12.3. The number of alkyl halides is 3. The third-order valence-corrected chi connectivity index (χ3v) is 2.50. The van der Waals surface area contributed by atoms with Gasteiger partial charge in [0.2, 0.25) is 0 Å². The Bertz CT molecular complexity index is 525. The van der Waals surface area contributed by atoms with Crippen LogP contribution in [0.3, 0.4) is 0 Å². The Hall–Kier alpha value is -2.18. The summed E-state index contributed by atoms with van der Waals surface area (Å²) in [6.45, 7) is 1.86. The van der Waals surface area contributed by atoms with Gasteiger partial charge in [0.1, 0.15) is 5.82 Å². The summed E-state index contributed by atoms with van der Waals surface area (Å²) in [7, 11) is 0. The number of pyridine rings is 1. The van der Waals surface area contributed by atoms with Gasteiger partial charge < -0.3 is 5.32 Å². The summed E-state index contributed by atoms with van der Waals surface area (Å²) in [6, 6.07) is 5.67. The quantitative estimate of drug-likeness (QED) is 0.929. The molecule has 0 radical (unpaired) electrons. The van der Waals surface area contributed by atoms with E-state index in [4.69, 9.17) is 0 Å². The van der Waals surface area contributed by atoms with Crippen LogP contribution in [0.25, 0.3) is 0 Å². The lowest BCUT2D eigenvalue weighted by molar-refractivity contribution is -0.141. The van der Waals surface area contributed by atoms with Gasteiger partial charge in [-0.2, -0.15) is 13.2 Å². The summed E-state index contributed by atoms with van der Waals surface area (Å²) in [6.07, 6.45) is -1.15. The van der Waals surface area contributed by atoms with Crippen LogP contribution in [0.15, 0.2) is 36.7 Å². The first-order valence-corrected chi connectivity index (χ1v) is 5.54. The molecular weight excluding hydrogens is 257 g/mol. The van der Waals surface area contributed by atoms with Gasteiger partial charge in [0.15, 0.2) is 5.69 Å². The predicted molar refractivity (Wildman–Crippen MR) is 63.3 cm³/mol. The fraction of sp³-hybridized carbons (Fsp3) is 0.250. The highest BCUT2D eigenvalue weighted by atomic mass is 19.4. The second-order valence-electron chi connectivity index (χ2n) is 3.95. The minimum Gasteiger partial charge on any atom is -0.362 e. The number of aromatic nitrogens is 3. The van der Waals surface area contributed by atoms with E-state index >= 15 is 0 Å². The van der Waals surface area contributed by atoms with Crippen molar-refractivity contribution < 1.29 is 13.2 Å². The van der Waals surface area contributed by atoms with E-state index in [0.29, 0.717) is 0 Å². The van der Waals surface area contributed by atoms with Crippen molar-refractivity contribution in [1.29, 1.82) is 0 Å². The van der Waals surface area contributed by atoms with E-state index in [-0.39, 0.29) is 11.9 Å². The van der Waals surface area contributed by atoms with Crippen LogP contribution in [0.2, 0.25) is 0 Å². The van der Waals surface area contributed by atoms with Crippen LogP contribution in [0.4, 0.5) is 19.0 Å². The molecule has 100 valence electrons. The van der Waals surface area contributed by atoms with Crippen LogP contribution in [-0.2, 0) is 6.18 Å². The minimum absolute atomic E-state index is 0.125. The summed E-state index contributed by atoms with van der Waals surface area (Å²) >= 11 is 0. The fourth-order valence-corrected chi connectivity index (χ4v) is 1.50. The molecule has 0 saturated carbocycles. The molecule has 0 fully saturated rings. The molecule has 0 aliphatic heterocycles. The maximum atomic E-state index is 12.3. The van der Waals surface area contributed by atoms with Crippen molar-refractivity contribution >= 4 is 5.82 Å². The van der Waals surface area contributed by atoms with Gasteiger partial charge in [0.05, 0.1) is 6.04 Å². The van der Waals surface area contributed by atoms with Crippen LogP contribution in [-0.4, -0.2) is 15.2 Å². The van der Waals surface area contributed by atoms with Gasteiger partial charge in [-0.05, 0) is 30.7 Å². The lowest BCUT2D eigenvalue weighted by Gasteiger charge is -2.14. The van der Waals surface area contributed by atoms with Crippen LogP contribution in [0.1, 0.15) is 24.2 Å². The molecule has 19 heavy (non-hydrogen) atoms. The van der Waals surface area contributed by atoms with E-state index < -0.39 is 11.9 Å². The average molecular weight is 268 g/mol. The van der Waals surface area contributed by atoms with Crippen molar-refractivity contribution in [2.75, 3.05) is 5.32 Å². The third-order valence-electron chi connectivity index (χ3n) is 2.50. The standard InChI is InChI=1S/C12H11F3N4/c1-8(9-3-2-6-16-7-9)17-11-5-4-10(18-19-11)12(13,14)15/h2-8H,1H3,(H,17,19). The minimum atomic E-state index is -4.47. The molecule has 0 aliphatic rings. The third kappa shape index (κ3) is 3.40. The van der Waals surface area contributed by atoms with Crippen molar-refractivity contribution in [2.24, 2.45) is 0 Å². The van der Waals surface area contributed by atoms with Crippen molar-refractivity contribution in [3.8, 4) is 0 Å². The number of rotatable bonds is 3. The fourth-order valence-electron chi connectivity index (χ4n) is 1.50. The molecule has 2 heterocycles. The Labute approximate surface area is 107 Å². The lowest BCUT2D eigenvalue weighted by Crippen LogP contribution is -2.12. The Balaban J connectivity index is 2.08. The summed E-state index contributed by atoms with van der Waals surface area (Å²) in [5.41, 5.74) is -0.101. The monoisotopic (exact) mass is 268 g/mol. The molecule has 0 aromatic carbocycles. The number of hydrogen-bond acceptors (Lipinski definition) is 4. The first kappa shape index (κ1) is 13.3. The van der Waals surface area contributed by atoms with Gasteiger partial charge >= 0.3 is 6.18 Å². The van der Waals surface area contributed by atoms with Gasteiger partial charge in [-0.25, -0.2) is 0 Å². The van der Waals surface area contributed by atoms with E-state index in [9.17, 15) is 13.2 Å². The highest BCUT2D eigenvalue weighted by Gasteiger charge is 2.32. The second kappa shape index (κ2) is 5.21. The first-order chi connectivity index (χ1) is 8.97. The zero-order chi connectivity index (χ0) is 13.9. The molecular formula is C12H11F3N4. The molecule has 1 N–H and O–H groups in total. The van der Waals surface area contributed by atoms with Gasteiger partial charge in [0, 0.05) is 12.4 Å². The smallest absolute Gasteiger partial charge is 0.362 e. The molecule has 0 aliphatic carbocycles. The zero-order valence-corrected chi connectivity index (χ0v) is 10.0. The van der Waals surface area contributed by atoms with E-state index in [2.05, 4.69) is 20.5 Å². The number of hydrogen-bond donors (Lipinski definition) is 1. The van der Waals surface area contributed by atoms with Crippen LogP contribution >= 0.6 is 0 Å². The van der Waals surface area contributed by atoms with Crippen LogP contribution < -0.4 is 5.32 Å². The van der Waals surface area contributed by atoms with Gasteiger partial charge in [-0.1, -0.05) is 6.07 Å². The largest absolute Gasteiger partial charge is 0.435 e. The number of nitrogens with zero attached hydrogens (tertiary/aromatic N) is 3. The molecule has 2 aromatic heterocycles. The average Bonchev–Trinajstić information content (AvgIpc) is 2.39. The molecule has 0 bridgehead atoms. The number of nitrogens with one attached hydrogen (secondary N) is 1. The molecule has 4 nitrogen and oxygen atoms in total. The van der Waals surface area contributed by atoms with Crippen molar-refractivity contribution in [3.05, 3.63) is 47.9 Å². The Kier molecular flexibility index (Phi) is 3.64. The molecule has 2 rings (SSSR count). The van der Waals surface area contributed by atoms with Gasteiger partial charge in [-0.15, -0.1) is 10.2 Å². The van der Waals surface area contributed by atoms with Crippen molar-refractivity contribution in [1.82, 2.24) is 15.2 Å². The summed E-state index contributed by atoms with van der Waals surface area (Å²) in [5, 5.41) is 9.61. The molecule has 1 atom stereocenters. The van der Waals surface area contributed by atoms with Crippen LogP contribution in [0, 0.1) is 0 Å². The SMILES string of the molecule is CC(Nc1ccc(C(F)(F)F)nn1)c1cccnc1. The molecule has 0 saturated heterocycles. The predicted octanol–water partition coefficient (Wildman–Crippen LogP) is 3.06. The second-order valence-corrected chi connectivity index (χ2v) is 3.95.